The maximum atomic E-state index is 2.21. The Hall–Kier alpha value is -0.820. The number of rotatable bonds is 2. The Kier molecular flexibility index (Phi) is 4.55. The van der Waals surface area contributed by atoms with E-state index in [4.69, 9.17) is 0 Å². The highest BCUT2D eigenvalue weighted by molar-refractivity contribution is 5.22. The third-order valence-corrected chi connectivity index (χ3v) is 1.84. The smallest absolute Gasteiger partial charge is 0.0307 e. The molecule has 1 aromatic rings. The fraction of sp³-hybridized carbons (Fsp3) is 0.400. The van der Waals surface area contributed by atoms with Crippen LogP contribution in [0, 0.1) is 0 Å². The van der Waals surface area contributed by atoms with E-state index in [1.807, 2.05) is 0 Å². The van der Waals surface area contributed by atoms with Gasteiger partial charge in [0.25, 0.3) is 0 Å². The minimum Gasteiger partial charge on any atom is -0.412 e. The molecule has 0 saturated carbocycles. The van der Waals surface area contributed by atoms with E-state index in [2.05, 4.69) is 38.1 Å². The van der Waals surface area contributed by atoms with E-state index in [1.165, 1.54) is 11.1 Å². The van der Waals surface area contributed by atoms with Gasteiger partial charge < -0.3 is 5.48 Å². The molecular formula is C10H16O. The van der Waals surface area contributed by atoms with Gasteiger partial charge in [0, 0.05) is 0 Å². The van der Waals surface area contributed by atoms with E-state index in [0.29, 0.717) is 0 Å². The summed E-state index contributed by atoms with van der Waals surface area (Å²) in [7, 11) is 0. The average Bonchev–Trinajstić information content (AvgIpc) is 2.05. The average molecular weight is 152 g/mol. The minimum atomic E-state index is 0. The minimum absolute atomic E-state index is 0. The molecule has 1 rings (SSSR count). The van der Waals surface area contributed by atoms with Crippen molar-refractivity contribution in [3.8, 4) is 0 Å². The van der Waals surface area contributed by atoms with E-state index in [-0.39, 0.29) is 5.48 Å². The fourth-order valence-electron chi connectivity index (χ4n) is 1.01. The van der Waals surface area contributed by atoms with Gasteiger partial charge in [-0.3, -0.25) is 0 Å². The van der Waals surface area contributed by atoms with Crippen LogP contribution in [0.25, 0.3) is 0 Å². The first-order valence-electron chi connectivity index (χ1n) is 3.94. The summed E-state index contributed by atoms with van der Waals surface area (Å²) in [6.45, 7) is 4.36. The zero-order valence-electron chi connectivity index (χ0n) is 7.22. The van der Waals surface area contributed by atoms with E-state index in [9.17, 15) is 0 Å². The molecule has 0 aromatic heterocycles. The second kappa shape index (κ2) is 4.91. The first kappa shape index (κ1) is 10.2. The van der Waals surface area contributed by atoms with Crippen molar-refractivity contribution in [3.05, 3.63) is 35.4 Å². The molecule has 62 valence electrons. The van der Waals surface area contributed by atoms with Gasteiger partial charge in [0.05, 0.1) is 0 Å². The Morgan fingerprint density at radius 2 is 1.09 bits per heavy atom. The predicted molar refractivity (Wildman–Crippen MR) is 48.8 cm³/mol. The van der Waals surface area contributed by atoms with Gasteiger partial charge in [0.15, 0.2) is 0 Å². The lowest BCUT2D eigenvalue weighted by atomic mass is 10.1. The molecule has 1 nitrogen and oxygen atoms in total. The molecule has 0 saturated heterocycles. The van der Waals surface area contributed by atoms with Gasteiger partial charge in [-0.2, -0.15) is 0 Å². The fourth-order valence-corrected chi connectivity index (χ4v) is 1.01. The Bertz CT molecular complexity index is 166. The topological polar surface area (TPSA) is 31.5 Å². The monoisotopic (exact) mass is 152 g/mol. The van der Waals surface area contributed by atoms with E-state index >= 15 is 0 Å². The van der Waals surface area contributed by atoms with Gasteiger partial charge in [-0.25, -0.2) is 0 Å². The van der Waals surface area contributed by atoms with Crippen LogP contribution in [0.5, 0.6) is 0 Å². The first-order chi connectivity index (χ1) is 4.86. The van der Waals surface area contributed by atoms with Crippen molar-refractivity contribution in [2.75, 3.05) is 0 Å². The third-order valence-electron chi connectivity index (χ3n) is 1.84. The molecule has 0 amide bonds. The Balaban J connectivity index is 0.000001000. The summed E-state index contributed by atoms with van der Waals surface area (Å²) < 4.78 is 0. The molecule has 2 N–H and O–H groups in total. The molecule has 11 heavy (non-hydrogen) atoms. The standard InChI is InChI=1S/C10H14.H2O/c1-3-9-5-7-10(4-2)8-6-9;/h5-8H,3-4H2,1-2H3;1H2. The molecule has 0 aliphatic carbocycles. The summed E-state index contributed by atoms with van der Waals surface area (Å²) >= 11 is 0. The first-order valence-corrected chi connectivity index (χ1v) is 3.94. The predicted octanol–water partition coefficient (Wildman–Crippen LogP) is 1.99. The van der Waals surface area contributed by atoms with Crippen molar-refractivity contribution in [1.82, 2.24) is 0 Å². The maximum Gasteiger partial charge on any atom is -0.0307 e. The van der Waals surface area contributed by atoms with Crippen LogP contribution in [-0.4, -0.2) is 5.48 Å². The van der Waals surface area contributed by atoms with Gasteiger partial charge in [-0.05, 0) is 24.0 Å². The van der Waals surface area contributed by atoms with Gasteiger partial charge in [-0.15, -0.1) is 0 Å². The van der Waals surface area contributed by atoms with Crippen LogP contribution in [0.4, 0.5) is 0 Å². The van der Waals surface area contributed by atoms with E-state index in [0.717, 1.165) is 12.8 Å². The molecule has 0 aliphatic heterocycles. The number of hydrogen-bond donors (Lipinski definition) is 0. The van der Waals surface area contributed by atoms with E-state index < -0.39 is 0 Å². The van der Waals surface area contributed by atoms with Crippen LogP contribution in [-0.2, 0) is 12.8 Å². The zero-order valence-corrected chi connectivity index (χ0v) is 7.22. The summed E-state index contributed by atoms with van der Waals surface area (Å²) in [6, 6.07) is 8.83. The van der Waals surface area contributed by atoms with Crippen molar-refractivity contribution in [3.63, 3.8) is 0 Å². The molecule has 0 aliphatic rings. The number of hydrogen-bond acceptors (Lipinski definition) is 0. The molecular weight excluding hydrogens is 136 g/mol. The highest BCUT2D eigenvalue weighted by Gasteiger charge is 1.88. The summed E-state index contributed by atoms with van der Waals surface area (Å²) in [5.41, 5.74) is 2.86. The summed E-state index contributed by atoms with van der Waals surface area (Å²) in [4.78, 5) is 0. The molecule has 0 fully saturated rings. The second-order valence-corrected chi connectivity index (χ2v) is 2.52. The van der Waals surface area contributed by atoms with Crippen LogP contribution in [0.15, 0.2) is 24.3 Å². The van der Waals surface area contributed by atoms with Gasteiger partial charge >= 0.3 is 0 Å². The molecule has 0 atom stereocenters. The molecule has 0 spiro atoms. The Morgan fingerprint density at radius 3 is 1.27 bits per heavy atom. The lowest BCUT2D eigenvalue weighted by molar-refractivity contribution is 0.824. The highest BCUT2D eigenvalue weighted by atomic mass is 16.0. The highest BCUT2D eigenvalue weighted by Crippen LogP contribution is 2.04. The molecule has 1 heteroatoms. The molecule has 0 bridgehead atoms. The maximum absolute atomic E-state index is 2.21. The van der Waals surface area contributed by atoms with Gasteiger partial charge in [0.2, 0.25) is 0 Å². The van der Waals surface area contributed by atoms with Gasteiger partial charge in [0.1, 0.15) is 0 Å². The lowest BCUT2D eigenvalue weighted by Crippen LogP contribution is -1.81. The van der Waals surface area contributed by atoms with Crippen molar-refractivity contribution in [2.45, 2.75) is 26.7 Å². The molecule has 0 heterocycles. The van der Waals surface area contributed by atoms with Crippen LogP contribution < -0.4 is 0 Å². The largest absolute Gasteiger partial charge is 0.412 e. The van der Waals surface area contributed by atoms with Crippen molar-refractivity contribution in [1.29, 1.82) is 0 Å². The summed E-state index contributed by atoms with van der Waals surface area (Å²) in [6.07, 6.45) is 2.29. The van der Waals surface area contributed by atoms with E-state index in [1.54, 1.807) is 0 Å². The van der Waals surface area contributed by atoms with Crippen LogP contribution in [0.2, 0.25) is 0 Å². The van der Waals surface area contributed by atoms with Crippen LogP contribution >= 0.6 is 0 Å². The molecule has 0 unspecified atom stereocenters. The molecule has 0 radical (unpaired) electrons. The van der Waals surface area contributed by atoms with Gasteiger partial charge in [-0.1, -0.05) is 38.1 Å². The van der Waals surface area contributed by atoms with Crippen LogP contribution in [0.3, 0.4) is 0 Å². The summed E-state index contributed by atoms with van der Waals surface area (Å²) in [5, 5.41) is 0. The van der Waals surface area contributed by atoms with Crippen LogP contribution in [0.1, 0.15) is 25.0 Å². The number of aryl methyl sites for hydroxylation is 2. The third kappa shape index (κ3) is 2.72. The Morgan fingerprint density at radius 1 is 0.818 bits per heavy atom. The normalized spacial score (nSPS) is 8.91. The summed E-state index contributed by atoms with van der Waals surface area (Å²) in [5.74, 6) is 0. The van der Waals surface area contributed by atoms with Crippen molar-refractivity contribution >= 4 is 0 Å². The number of benzene rings is 1. The second-order valence-electron chi connectivity index (χ2n) is 2.52. The van der Waals surface area contributed by atoms with Crippen molar-refractivity contribution in [2.24, 2.45) is 0 Å². The quantitative estimate of drug-likeness (QED) is 0.620. The van der Waals surface area contributed by atoms with Crippen molar-refractivity contribution < 1.29 is 5.48 Å². The zero-order chi connectivity index (χ0) is 7.40. The Labute approximate surface area is 68.4 Å². The SMILES string of the molecule is CCc1ccc(CC)cc1.O. The molecule has 1 aromatic carbocycles. The lowest BCUT2D eigenvalue weighted by Gasteiger charge is -1.97.